The number of ether oxygens (including phenoxy) is 4. The molecule has 0 aliphatic carbocycles. The zero-order valence-electron chi connectivity index (χ0n) is 39.0. The molecule has 2 saturated heterocycles. The minimum absolute atomic E-state index is 0.0988. The number of hydrogen-bond acceptors (Lipinski definition) is 18. The predicted molar refractivity (Wildman–Crippen MR) is 245 cm³/mol. The number of cyclic esters (lactones) is 1. The summed E-state index contributed by atoms with van der Waals surface area (Å²) in [5.41, 5.74) is 8.24. The molecule has 0 spiro atoms. The van der Waals surface area contributed by atoms with Crippen molar-refractivity contribution in [2.45, 2.75) is 177 Å². The number of fused-ring (bicyclic) bond motifs is 2. The number of aliphatic hydroxyl groups is 10. The minimum Gasteiger partial charge on any atom is -0.462 e. The van der Waals surface area contributed by atoms with Crippen LogP contribution in [0.5, 0.6) is 0 Å². The zero-order valence-corrected chi connectivity index (χ0v) is 39.0. The molecule has 380 valence electrons. The van der Waals surface area contributed by atoms with Crippen molar-refractivity contribution in [1.82, 2.24) is 5.48 Å². The van der Waals surface area contributed by atoms with E-state index in [0.717, 1.165) is 0 Å². The second-order valence-corrected chi connectivity index (χ2v) is 17.9. The fraction of sp³-hybridized carbons (Fsp3) is 0.667. The Morgan fingerprint density at radius 2 is 1.27 bits per heavy atom. The lowest BCUT2D eigenvalue weighted by Gasteiger charge is -2.45. The Morgan fingerprint density at radius 1 is 0.687 bits per heavy atom. The van der Waals surface area contributed by atoms with Crippen LogP contribution in [0.25, 0.3) is 0 Å². The number of nitrogens with one attached hydrogen (secondary N) is 1. The molecule has 0 aromatic heterocycles. The van der Waals surface area contributed by atoms with E-state index in [1.165, 1.54) is 7.11 Å². The van der Waals surface area contributed by atoms with Crippen LogP contribution in [0.2, 0.25) is 0 Å². The largest absolute Gasteiger partial charge is 0.462 e. The van der Waals surface area contributed by atoms with Gasteiger partial charge in [0.15, 0.2) is 12.1 Å². The van der Waals surface area contributed by atoms with Crippen LogP contribution in [0.1, 0.15) is 79.1 Å². The number of carbonyl (C=O) groups is 2. The molecule has 0 aromatic carbocycles. The van der Waals surface area contributed by atoms with Gasteiger partial charge in [-0.2, -0.15) is 0 Å². The average molecular weight is 953 g/mol. The van der Waals surface area contributed by atoms with Crippen molar-refractivity contribution in [3.05, 3.63) is 85.1 Å². The lowest BCUT2D eigenvalue weighted by atomic mass is 9.82. The second-order valence-electron chi connectivity index (χ2n) is 17.9. The van der Waals surface area contributed by atoms with Gasteiger partial charge < -0.3 is 75.7 Å². The molecule has 2 fully saturated rings. The topological polar surface area (TPSA) is 321 Å². The molecule has 3 aliphatic rings. The highest BCUT2D eigenvalue weighted by Crippen LogP contribution is 2.38. The highest BCUT2D eigenvalue weighted by atomic mass is 16.7. The Balaban J connectivity index is 1.90. The number of hydrogen-bond donors (Lipinski definition) is 12. The molecule has 2 bridgehead atoms. The average Bonchev–Trinajstić information content (AvgIpc) is 3.25. The molecular formula is C48H76N2O17. The highest BCUT2D eigenvalue weighted by Gasteiger charge is 2.51. The summed E-state index contributed by atoms with van der Waals surface area (Å²) in [4.78, 5) is 30.7. The zero-order chi connectivity index (χ0) is 49.8. The molecule has 19 atom stereocenters. The summed E-state index contributed by atoms with van der Waals surface area (Å²) in [7, 11) is 1.19. The Hall–Kier alpha value is -3.48. The summed E-state index contributed by atoms with van der Waals surface area (Å²) in [5, 5.41) is 109. The van der Waals surface area contributed by atoms with E-state index >= 15 is 0 Å². The van der Waals surface area contributed by atoms with Crippen LogP contribution in [0.3, 0.4) is 0 Å². The molecule has 0 aromatic rings. The molecule has 0 unspecified atom stereocenters. The number of nitrogens with two attached hydrogens (primary N) is 1. The molecule has 3 aliphatic heterocycles. The van der Waals surface area contributed by atoms with Gasteiger partial charge in [0, 0.05) is 37.5 Å². The van der Waals surface area contributed by atoms with Crippen LogP contribution in [0.4, 0.5) is 0 Å². The summed E-state index contributed by atoms with van der Waals surface area (Å²) in [6.07, 6.45) is 4.31. The molecule has 13 N–H and O–H groups in total. The molecule has 3 heterocycles. The van der Waals surface area contributed by atoms with E-state index in [4.69, 9.17) is 29.5 Å². The Kier molecular flexibility index (Phi) is 24.9. The fourth-order valence-corrected chi connectivity index (χ4v) is 8.16. The fourth-order valence-electron chi connectivity index (χ4n) is 8.16. The van der Waals surface area contributed by atoms with Crippen molar-refractivity contribution in [3.8, 4) is 0 Å². The van der Waals surface area contributed by atoms with Crippen LogP contribution in [0, 0.1) is 17.8 Å². The normalized spacial score (nSPS) is 44.4. The van der Waals surface area contributed by atoms with Gasteiger partial charge in [0.1, 0.15) is 12.2 Å². The van der Waals surface area contributed by atoms with Crippen molar-refractivity contribution in [1.29, 1.82) is 0 Å². The van der Waals surface area contributed by atoms with Crippen molar-refractivity contribution in [3.63, 3.8) is 0 Å². The summed E-state index contributed by atoms with van der Waals surface area (Å²) in [6, 6.07) is -1.14. The van der Waals surface area contributed by atoms with Crippen LogP contribution in [-0.2, 0) is 33.4 Å². The first kappa shape index (κ1) is 57.8. The molecule has 3 rings (SSSR count). The Morgan fingerprint density at radius 3 is 1.87 bits per heavy atom. The summed E-state index contributed by atoms with van der Waals surface area (Å²) < 4.78 is 23.5. The van der Waals surface area contributed by atoms with E-state index < -0.39 is 147 Å². The van der Waals surface area contributed by atoms with Crippen LogP contribution < -0.4 is 11.2 Å². The highest BCUT2D eigenvalue weighted by molar-refractivity contribution is 5.79. The van der Waals surface area contributed by atoms with E-state index in [-0.39, 0.29) is 31.6 Å². The number of hydroxylamine groups is 1. The first-order valence-electron chi connectivity index (χ1n) is 23.0. The first-order chi connectivity index (χ1) is 31.7. The molecule has 0 radical (unpaired) electrons. The smallest absolute Gasteiger partial charge is 0.308 e. The molecule has 1 amide bonds. The molecule has 0 saturated carbocycles. The third kappa shape index (κ3) is 19.4. The van der Waals surface area contributed by atoms with Gasteiger partial charge >= 0.3 is 5.97 Å². The van der Waals surface area contributed by atoms with Crippen LogP contribution >= 0.6 is 0 Å². The minimum atomic E-state index is -2.29. The van der Waals surface area contributed by atoms with Gasteiger partial charge in [0.2, 0.25) is 0 Å². The second kappa shape index (κ2) is 28.9. The quantitative estimate of drug-likeness (QED) is 0.133. The number of carbonyl (C=O) groups excluding carboxylic acids is 2. The van der Waals surface area contributed by atoms with Crippen LogP contribution in [0.15, 0.2) is 85.1 Å². The number of aliphatic hydroxyl groups excluding tert-OH is 9. The van der Waals surface area contributed by atoms with E-state index in [2.05, 4.69) is 5.48 Å². The molecule has 67 heavy (non-hydrogen) atoms. The van der Waals surface area contributed by atoms with E-state index in [9.17, 15) is 60.7 Å². The van der Waals surface area contributed by atoms with E-state index in [0.29, 0.717) is 0 Å². The van der Waals surface area contributed by atoms with Gasteiger partial charge in [-0.3, -0.25) is 14.4 Å². The van der Waals surface area contributed by atoms with E-state index in [1.807, 2.05) is 37.3 Å². The number of rotatable bonds is 4. The Labute approximate surface area is 393 Å². The summed E-state index contributed by atoms with van der Waals surface area (Å²) >= 11 is 0. The Bertz CT molecular complexity index is 1710. The van der Waals surface area contributed by atoms with Crippen molar-refractivity contribution in [2.75, 3.05) is 7.11 Å². The number of allylic oxidation sites excluding steroid dienone is 12. The standard InChI is InChI=1S/C48H76N2O17/c1-28-18-16-14-12-10-8-6-7-9-11-13-15-17-19-35(66-47-45(60)42(49)44(59)31(4)65-47)25-39-41(46(61)50-63-5)38(56)27-48(62,67-39)26-34(53)23-37(55)36(54)21-20-32(51)22-33(52)24-40(57)64-30(3)29(2)43(28)58/h6-19,28-39,41-45,47,51-56,58-60,62H,20-27,49H2,1-5H3,(H,50,61)/b7-6+,10-8+,11-9+,14-12+,15-13+,18-16+,19-17+/t28-,29-,30-,31+,32+,33+,34-,35-,36+,37+,38-,39-,41+,42-,43+,44+,45-,47-,48+/m0/s1. The summed E-state index contributed by atoms with van der Waals surface area (Å²) in [5.74, 6) is -5.90. The van der Waals surface area contributed by atoms with Crippen molar-refractivity contribution >= 4 is 11.9 Å². The number of amides is 1. The maximum atomic E-state index is 13.3. The SMILES string of the molecule is CONC(=O)[C@H]1[C@@H]2C[C@@H](O[C@@H]3O[C@H](C)[C@@H](O)[C@H](N)[C@@H]3O)/C=C/C=C/C=C/C=C/C=C/C=C/C=C/[C@H](C)[C@@H](O)[C@@H](C)[C@H](C)OC(=O)C[C@H](O)C[C@H](O)CC[C@@H](O)[C@H](O)C[C@H](O)C[C@](O)(C[C@@H]1O)O2. The van der Waals surface area contributed by atoms with Crippen LogP contribution in [-0.4, -0.2) is 168 Å². The van der Waals surface area contributed by atoms with Gasteiger partial charge in [0.05, 0.1) is 92.6 Å². The maximum absolute atomic E-state index is 13.3. The lowest BCUT2D eigenvalue weighted by Crippen LogP contribution is -2.62. The maximum Gasteiger partial charge on any atom is 0.308 e. The van der Waals surface area contributed by atoms with Crippen molar-refractivity contribution in [2.24, 2.45) is 23.5 Å². The van der Waals surface area contributed by atoms with Gasteiger partial charge in [0.25, 0.3) is 5.91 Å². The van der Waals surface area contributed by atoms with Gasteiger partial charge in [-0.05, 0) is 33.1 Å². The lowest BCUT2D eigenvalue weighted by molar-refractivity contribution is -0.307. The monoisotopic (exact) mass is 953 g/mol. The predicted octanol–water partition coefficient (Wildman–Crippen LogP) is 0.305. The van der Waals surface area contributed by atoms with Gasteiger partial charge in [-0.15, -0.1) is 0 Å². The number of esters is 1. The van der Waals surface area contributed by atoms with Crippen molar-refractivity contribution < 1.29 is 84.4 Å². The third-order valence-corrected chi connectivity index (χ3v) is 12.2. The summed E-state index contributed by atoms with van der Waals surface area (Å²) in [6.45, 7) is 6.77. The van der Waals surface area contributed by atoms with E-state index in [1.54, 1.807) is 75.5 Å². The third-order valence-electron chi connectivity index (χ3n) is 12.2. The molecule has 19 heteroatoms. The molecule has 19 nitrogen and oxygen atoms in total. The first-order valence-corrected chi connectivity index (χ1v) is 23.0. The molecular weight excluding hydrogens is 877 g/mol. The van der Waals surface area contributed by atoms with Gasteiger partial charge in [-0.1, -0.05) is 98.9 Å². The van der Waals surface area contributed by atoms with Gasteiger partial charge in [-0.25, -0.2) is 5.48 Å².